The minimum absolute atomic E-state index is 0.00198. The van der Waals surface area contributed by atoms with E-state index in [9.17, 15) is 13.2 Å². The van der Waals surface area contributed by atoms with Crippen LogP contribution in [0.1, 0.15) is 17.4 Å². The topological polar surface area (TPSA) is 87.5 Å². The number of ether oxygens (including phenoxy) is 2. The molecule has 1 aromatic heterocycles. The number of nitrogens with zero attached hydrogens (tertiary/aromatic N) is 2. The summed E-state index contributed by atoms with van der Waals surface area (Å²) in [6.07, 6.45) is 0. The maximum Gasteiger partial charge on any atom is 0.356 e. The van der Waals surface area contributed by atoms with Crippen molar-refractivity contribution in [1.82, 2.24) is 9.78 Å². The van der Waals surface area contributed by atoms with E-state index in [4.69, 9.17) is 20.2 Å². The van der Waals surface area contributed by atoms with Gasteiger partial charge in [-0.2, -0.15) is 5.10 Å². The summed E-state index contributed by atoms with van der Waals surface area (Å²) < 4.78 is 34.0. The second-order valence-corrected chi connectivity index (χ2v) is 10.6. The zero-order chi connectivity index (χ0) is 16.0. The zero-order valence-corrected chi connectivity index (χ0v) is 14.9. The first kappa shape index (κ1) is 18.1. The molecular formula is C11H19ClN2O5SSi. The highest BCUT2D eigenvalue weighted by Crippen LogP contribution is 2.16. The molecule has 0 spiro atoms. The van der Waals surface area contributed by atoms with Gasteiger partial charge in [0.25, 0.3) is 9.05 Å². The summed E-state index contributed by atoms with van der Waals surface area (Å²) >= 11 is 0. The molecule has 0 radical (unpaired) electrons. The Balaban J connectivity index is 2.89. The molecule has 0 N–H and O–H groups in total. The second-order valence-electron chi connectivity index (χ2n) is 4.75. The van der Waals surface area contributed by atoms with E-state index < -0.39 is 28.8 Å². The molecule has 0 unspecified atom stereocenters. The van der Waals surface area contributed by atoms with Crippen molar-refractivity contribution < 1.29 is 22.7 Å². The highest BCUT2D eigenvalue weighted by Gasteiger charge is 2.22. The van der Waals surface area contributed by atoms with Crippen molar-refractivity contribution in [2.45, 2.75) is 37.8 Å². The van der Waals surface area contributed by atoms with Crippen LogP contribution in [0.3, 0.4) is 0 Å². The third-order valence-electron chi connectivity index (χ3n) is 2.55. The van der Waals surface area contributed by atoms with Crippen LogP contribution in [-0.4, -0.2) is 46.2 Å². The molecule has 21 heavy (non-hydrogen) atoms. The Labute approximate surface area is 130 Å². The average molecular weight is 355 g/mol. The van der Waals surface area contributed by atoms with Gasteiger partial charge in [-0.3, -0.25) is 0 Å². The van der Waals surface area contributed by atoms with E-state index in [1.807, 2.05) is 0 Å². The molecule has 120 valence electrons. The largest absolute Gasteiger partial charge is 0.461 e. The number of aromatic nitrogens is 2. The Morgan fingerprint density at radius 3 is 2.67 bits per heavy atom. The predicted molar refractivity (Wildman–Crippen MR) is 80.9 cm³/mol. The van der Waals surface area contributed by atoms with Gasteiger partial charge in [-0.25, -0.2) is 17.9 Å². The van der Waals surface area contributed by atoms with Gasteiger partial charge in [0.05, 0.1) is 6.61 Å². The second kappa shape index (κ2) is 7.92. The van der Waals surface area contributed by atoms with Crippen molar-refractivity contribution in [1.29, 1.82) is 0 Å². The Hall–Kier alpha value is -0.903. The van der Waals surface area contributed by atoms with Gasteiger partial charge in [-0.15, -0.1) is 0 Å². The molecule has 0 amide bonds. The van der Waals surface area contributed by atoms with Gasteiger partial charge < -0.3 is 9.47 Å². The van der Waals surface area contributed by atoms with Gasteiger partial charge in [0.1, 0.15) is 6.73 Å². The minimum atomic E-state index is -4.01. The number of carbonyl (C=O) groups is 1. The Kier molecular flexibility index (Phi) is 6.85. The Bertz CT molecular complexity index is 587. The third kappa shape index (κ3) is 5.77. The number of hydrogen-bond donors (Lipinski definition) is 0. The molecule has 1 heterocycles. The molecule has 0 saturated heterocycles. The van der Waals surface area contributed by atoms with E-state index in [1.165, 1.54) is 0 Å². The van der Waals surface area contributed by atoms with E-state index in [0.717, 1.165) is 16.8 Å². The van der Waals surface area contributed by atoms with Crippen LogP contribution in [0.2, 0.25) is 19.1 Å². The molecular weight excluding hydrogens is 336 g/mol. The van der Waals surface area contributed by atoms with Crippen molar-refractivity contribution in [3.63, 3.8) is 0 Å². The van der Waals surface area contributed by atoms with Crippen molar-refractivity contribution in [3.05, 3.63) is 11.8 Å². The highest BCUT2D eigenvalue weighted by molar-refractivity contribution is 8.13. The monoisotopic (exact) mass is 354 g/mol. The van der Waals surface area contributed by atoms with Crippen molar-refractivity contribution in [3.8, 4) is 0 Å². The standard InChI is InChI=1S/C11H19ClN2O5SSi/c1-4-19-11(15)9-7-10(20(12,16)17)13-14(9)8-18-5-6-21(2)3/h7,21H,4-6,8H2,1-3H3. The summed E-state index contributed by atoms with van der Waals surface area (Å²) in [6, 6.07) is 2.07. The van der Waals surface area contributed by atoms with Crippen LogP contribution in [0.15, 0.2) is 11.1 Å². The van der Waals surface area contributed by atoms with Crippen LogP contribution in [0.25, 0.3) is 0 Å². The first-order valence-corrected chi connectivity index (χ1v) is 12.0. The molecule has 0 aromatic carbocycles. The van der Waals surface area contributed by atoms with Gasteiger partial charge in [-0.05, 0) is 13.0 Å². The quantitative estimate of drug-likeness (QED) is 0.304. The molecule has 0 aliphatic heterocycles. The lowest BCUT2D eigenvalue weighted by atomic mass is 10.4. The van der Waals surface area contributed by atoms with Crippen LogP contribution in [0.4, 0.5) is 0 Å². The summed E-state index contributed by atoms with van der Waals surface area (Å²) in [6.45, 7) is 6.73. The maximum absolute atomic E-state index is 11.8. The first-order valence-electron chi connectivity index (χ1n) is 6.53. The molecule has 0 fully saturated rings. The molecule has 0 aliphatic carbocycles. The SMILES string of the molecule is CCOC(=O)c1cc(S(=O)(=O)Cl)nn1COCC[SiH](C)C. The van der Waals surface area contributed by atoms with Crippen molar-refractivity contribution in [2.24, 2.45) is 0 Å². The molecule has 10 heteroatoms. The predicted octanol–water partition coefficient (Wildman–Crippen LogP) is 1.45. The number of carbonyl (C=O) groups excluding carboxylic acids is 1. The molecule has 0 aliphatic rings. The Morgan fingerprint density at radius 1 is 1.48 bits per heavy atom. The fourth-order valence-corrected chi connectivity index (χ4v) is 2.76. The number of rotatable bonds is 8. The van der Waals surface area contributed by atoms with Crippen LogP contribution < -0.4 is 0 Å². The van der Waals surface area contributed by atoms with Gasteiger partial charge in [0, 0.05) is 32.2 Å². The zero-order valence-electron chi connectivity index (χ0n) is 12.2. The summed E-state index contributed by atoms with van der Waals surface area (Å²) in [5.74, 6) is -0.668. The lowest BCUT2D eigenvalue weighted by Crippen LogP contribution is -2.16. The van der Waals surface area contributed by atoms with Crippen LogP contribution in [0, 0.1) is 0 Å². The van der Waals surface area contributed by atoms with Crippen molar-refractivity contribution in [2.75, 3.05) is 13.2 Å². The lowest BCUT2D eigenvalue weighted by Gasteiger charge is -2.08. The van der Waals surface area contributed by atoms with Gasteiger partial charge in [-0.1, -0.05) is 13.1 Å². The fraction of sp³-hybridized carbons (Fsp3) is 0.636. The van der Waals surface area contributed by atoms with Crippen molar-refractivity contribution >= 4 is 34.5 Å². The third-order valence-corrected chi connectivity index (χ3v) is 5.11. The van der Waals surface area contributed by atoms with Gasteiger partial charge >= 0.3 is 5.97 Å². The molecule has 0 saturated carbocycles. The minimum Gasteiger partial charge on any atom is -0.461 e. The molecule has 7 nitrogen and oxygen atoms in total. The van der Waals surface area contributed by atoms with Gasteiger partial charge in [0.15, 0.2) is 10.7 Å². The number of esters is 1. The van der Waals surface area contributed by atoms with E-state index >= 15 is 0 Å². The summed E-state index contributed by atoms with van der Waals surface area (Å²) in [4.78, 5) is 11.8. The van der Waals surface area contributed by atoms with Gasteiger partial charge in [0.2, 0.25) is 0 Å². The molecule has 1 aromatic rings. The molecule has 0 atom stereocenters. The summed E-state index contributed by atoms with van der Waals surface area (Å²) in [5.41, 5.74) is -0.00198. The van der Waals surface area contributed by atoms with Crippen LogP contribution >= 0.6 is 10.7 Å². The summed E-state index contributed by atoms with van der Waals surface area (Å²) in [5, 5.41) is 3.39. The lowest BCUT2D eigenvalue weighted by molar-refractivity contribution is 0.0455. The van der Waals surface area contributed by atoms with E-state index in [-0.39, 0.29) is 19.0 Å². The smallest absolute Gasteiger partial charge is 0.356 e. The molecule has 1 rings (SSSR count). The maximum atomic E-state index is 11.8. The number of halogens is 1. The normalized spacial score (nSPS) is 11.9. The van der Waals surface area contributed by atoms with E-state index in [0.29, 0.717) is 6.61 Å². The average Bonchev–Trinajstić information content (AvgIpc) is 2.78. The summed E-state index contributed by atoms with van der Waals surface area (Å²) in [7, 11) is 0.500. The van der Waals surface area contributed by atoms with Crippen LogP contribution in [0.5, 0.6) is 0 Å². The fourth-order valence-electron chi connectivity index (χ4n) is 1.45. The molecule has 0 bridgehead atoms. The Morgan fingerprint density at radius 2 is 2.14 bits per heavy atom. The van der Waals surface area contributed by atoms with Crippen LogP contribution in [-0.2, 0) is 25.3 Å². The van der Waals surface area contributed by atoms with E-state index in [1.54, 1.807) is 6.92 Å². The first-order chi connectivity index (χ1) is 9.75. The van der Waals surface area contributed by atoms with E-state index in [2.05, 4.69) is 18.2 Å². The number of hydrogen-bond acceptors (Lipinski definition) is 6. The highest BCUT2D eigenvalue weighted by atomic mass is 35.7.